The third-order valence-corrected chi connectivity index (χ3v) is 3.99. The van der Waals surface area contributed by atoms with Crippen molar-refractivity contribution < 1.29 is 4.74 Å². The van der Waals surface area contributed by atoms with E-state index in [9.17, 15) is 0 Å². The predicted octanol–water partition coefficient (Wildman–Crippen LogP) is 5.87. The Balaban J connectivity index is 1.66. The van der Waals surface area contributed by atoms with Gasteiger partial charge in [0.1, 0.15) is 11.6 Å². The zero-order chi connectivity index (χ0) is 19.2. The van der Waals surface area contributed by atoms with Crippen molar-refractivity contribution in [2.75, 3.05) is 10.6 Å². The number of benzene rings is 2. The van der Waals surface area contributed by atoms with Gasteiger partial charge in [-0.25, -0.2) is 4.98 Å². The van der Waals surface area contributed by atoms with E-state index >= 15 is 0 Å². The summed E-state index contributed by atoms with van der Waals surface area (Å²) in [6.07, 6.45) is 1.89. The Labute approximate surface area is 160 Å². The summed E-state index contributed by atoms with van der Waals surface area (Å²) in [6, 6.07) is 18.0. The Kier molecular flexibility index (Phi) is 5.91. The van der Waals surface area contributed by atoms with Crippen LogP contribution in [-0.4, -0.2) is 16.1 Å². The lowest BCUT2D eigenvalue weighted by Gasteiger charge is -2.11. The van der Waals surface area contributed by atoms with Gasteiger partial charge in [0, 0.05) is 17.6 Å². The molecule has 0 amide bonds. The first kappa shape index (κ1) is 18.7. The summed E-state index contributed by atoms with van der Waals surface area (Å²) in [5, 5.41) is 6.53. The van der Waals surface area contributed by atoms with Crippen LogP contribution in [0, 0.1) is 0 Å². The minimum Gasteiger partial charge on any atom is -0.491 e. The van der Waals surface area contributed by atoms with E-state index in [2.05, 4.69) is 58.7 Å². The fraction of sp³-hybridized carbons (Fsp3) is 0.273. The predicted molar refractivity (Wildman–Crippen MR) is 111 cm³/mol. The highest BCUT2D eigenvalue weighted by Gasteiger charge is 2.04. The molecule has 0 aliphatic rings. The summed E-state index contributed by atoms with van der Waals surface area (Å²) >= 11 is 0. The van der Waals surface area contributed by atoms with Gasteiger partial charge in [-0.05, 0) is 67.8 Å². The molecular formula is C22H26N4O. The van der Waals surface area contributed by atoms with Gasteiger partial charge in [0.05, 0.1) is 6.10 Å². The van der Waals surface area contributed by atoms with Crippen molar-refractivity contribution >= 4 is 23.1 Å². The quantitative estimate of drug-likeness (QED) is 0.550. The topological polar surface area (TPSA) is 59.1 Å². The Bertz CT molecular complexity index is 858. The summed E-state index contributed by atoms with van der Waals surface area (Å²) < 4.78 is 5.66. The maximum absolute atomic E-state index is 5.66. The van der Waals surface area contributed by atoms with Gasteiger partial charge in [-0.15, -0.1) is 0 Å². The van der Waals surface area contributed by atoms with E-state index in [0.29, 0.717) is 11.9 Å². The van der Waals surface area contributed by atoms with Crippen molar-refractivity contribution in [1.82, 2.24) is 9.97 Å². The second-order valence-electron chi connectivity index (χ2n) is 6.98. The van der Waals surface area contributed by atoms with Crippen LogP contribution in [0.4, 0.5) is 23.1 Å². The van der Waals surface area contributed by atoms with Gasteiger partial charge in [-0.1, -0.05) is 26.0 Å². The van der Waals surface area contributed by atoms with Crippen LogP contribution < -0.4 is 15.4 Å². The molecular weight excluding hydrogens is 336 g/mol. The fourth-order valence-electron chi connectivity index (χ4n) is 2.61. The molecule has 3 aromatic rings. The average Bonchev–Trinajstić information content (AvgIpc) is 2.64. The van der Waals surface area contributed by atoms with Gasteiger partial charge in [-0.2, -0.15) is 4.98 Å². The molecule has 0 saturated carbocycles. The molecule has 3 rings (SSSR count). The smallest absolute Gasteiger partial charge is 0.229 e. The van der Waals surface area contributed by atoms with Crippen molar-refractivity contribution in [3.63, 3.8) is 0 Å². The van der Waals surface area contributed by atoms with Crippen molar-refractivity contribution in [3.05, 3.63) is 66.4 Å². The van der Waals surface area contributed by atoms with E-state index < -0.39 is 0 Å². The molecule has 1 aromatic heterocycles. The summed E-state index contributed by atoms with van der Waals surface area (Å²) in [7, 11) is 0. The zero-order valence-corrected chi connectivity index (χ0v) is 16.2. The minimum atomic E-state index is 0.157. The lowest BCUT2D eigenvalue weighted by atomic mass is 10.0. The van der Waals surface area contributed by atoms with E-state index in [1.165, 1.54) is 5.56 Å². The largest absolute Gasteiger partial charge is 0.491 e. The molecule has 0 saturated heterocycles. The summed E-state index contributed by atoms with van der Waals surface area (Å²) in [5.74, 6) is 2.64. The Morgan fingerprint density at radius 3 is 2.04 bits per heavy atom. The minimum absolute atomic E-state index is 0.157. The average molecular weight is 362 g/mol. The molecule has 0 radical (unpaired) electrons. The van der Waals surface area contributed by atoms with Crippen LogP contribution in [-0.2, 0) is 0 Å². The number of rotatable bonds is 7. The lowest BCUT2D eigenvalue weighted by Crippen LogP contribution is -2.05. The Morgan fingerprint density at radius 1 is 0.778 bits per heavy atom. The van der Waals surface area contributed by atoms with E-state index in [1.54, 1.807) is 6.20 Å². The molecule has 1 heterocycles. The van der Waals surface area contributed by atoms with Crippen molar-refractivity contribution in [2.45, 2.75) is 39.7 Å². The number of aromatic nitrogens is 2. The maximum Gasteiger partial charge on any atom is 0.229 e. The Hall–Kier alpha value is -3.08. The number of nitrogens with one attached hydrogen (secondary N) is 2. The van der Waals surface area contributed by atoms with Crippen LogP contribution in [0.1, 0.15) is 39.2 Å². The van der Waals surface area contributed by atoms with E-state index in [0.717, 1.165) is 22.9 Å². The SMILES string of the molecule is CC(C)Oc1ccc(Nc2nccc(Nc3ccc(C(C)C)cc3)n2)cc1. The molecule has 0 atom stereocenters. The molecule has 0 unspecified atom stereocenters. The van der Waals surface area contributed by atoms with Crippen LogP contribution in [0.3, 0.4) is 0 Å². The summed E-state index contributed by atoms with van der Waals surface area (Å²) in [5.41, 5.74) is 3.22. The standard InChI is InChI=1S/C22H26N4O/c1-15(2)17-5-7-18(8-6-17)24-21-13-14-23-22(26-21)25-19-9-11-20(12-10-19)27-16(3)4/h5-16H,1-4H3,(H2,23,24,25,26). The second kappa shape index (κ2) is 8.54. The van der Waals surface area contributed by atoms with Gasteiger partial charge in [0.15, 0.2) is 0 Å². The highest BCUT2D eigenvalue weighted by atomic mass is 16.5. The van der Waals surface area contributed by atoms with E-state index in [-0.39, 0.29) is 6.10 Å². The van der Waals surface area contributed by atoms with Gasteiger partial charge < -0.3 is 15.4 Å². The zero-order valence-electron chi connectivity index (χ0n) is 16.2. The van der Waals surface area contributed by atoms with Gasteiger partial charge in [0.25, 0.3) is 0 Å². The molecule has 2 N–H and O–H groups in total. The first-order valence-electron chi connectivity index (χ1n) is 9.23. The lowest BCUT2D eigenvalue weighted by molar-refractivity contribution is 0.242. The molecule has 2 aromatic carbocycles. The van der Waals surface area contributed by atoms with Gasteiger partial charge >= 0.3 is 0 Å². The molecule has 5 nitrogen and oxygen atoms in total. The number of hydrogen-bond acceptors (Lipinski definition) is 5. The highest BCUT2D eigenvalue weighted by molar-refractivity contribution is 5.60. The van der Waals surface area contributed by atoms with E-state index in [4.69, 9.17) is 4.74 Å². The van der Waals surface area contributed by atoms with Crippen LogP contribution >= 0.6 is 0 Å². The summed E-state index contributed by atoms with van der Waals surface area (Å²) in [4.78, 5) is 8.82. The van der Waals surface area contributed by atoms with Crippen molar-refractivity contribution in [1.29, 1.82) is 0 Å². The second-order valence-corrected chi connectivity index (χ2v) is 6.98. The monoisotopic (exact) mass is 362 g/mol. The molecule has 5 heteroatoms. The normalized spacial score (nSPS) is 10.9. The van der Waals surface area contributed by atoms with Gasteiger partial charge in [0.2, 0.25) is 5.95 Å². The van der Waals surface area contributed by atoms with Crippen molar-refractivity contribution in [3.8, 4) is 5.75 Å². The number of ether oxygens (including phenoxy) is 1. The Morgan fingerprint density at radius 2 is 1.41 bits per heavy atom. The van der Waals surface area contributed by atoms with Crippen LogP contribution in [0.2, 0.25) is 0 Å². The maximum atomic E-state index is 5.66. The molecule has 0 aliphatic carbocycles. The van der Waals surface area contributed by atoms with E-state index in [1.807, 2.05) is 44.2 Å². The molecule has 27 heavy (non-hydrogen) atoms. The molecule has 140 valence electrons. The number of anilines is 4. The molecule has 0 aliphatic heterocycles. The highest BCUT2D eigenvalue weighted by Crippen LogP contribution is 2.22. The van der Waals surface area contributed by atoms with Crippen LogP contribution in [0.25, 0.3) is 0 Å². The first-order valence-corrected chi connectivity index (χ1v) is 9.23. The number of hydrogen-bond donors (Lipinski definition) is 2. The van der Waals surface area contributed by atoms with Crippen LogP contribution in [0.15, 0.2) is 60.8 Å². The molecule has 0 bridgehead atoms. The van der Waals surface area contributed by atoms with Crippen LogP contribution in [0.5, 0.6) is 5.75 Å². The summed E-state index contributed by atoms with van der Waals surface area (Å²) in [6.45, 7) is 8.39. The molecule has 0 fully saturated rings. The van der Waals surface area contributed by atoms with Gasteiger partial charge in [-0.3, -0.25) is 0 Å². The third-order valence-electron chi connectivity index (χ3n) is 3.99. The van der Waals surface area contributed by atoms with Crippen molar-refractivity contribution in [2.24, 2.45) is 0 Å². The third kappa shape index (κ3) is 5.45. The molecule has 0 spiro atoms. The fourth-order valence-corrected chi connectivity index (χ4v) is 2.61. The first-order chi connectivity index (χ1) is 13.0. The number of nitrogens with zero attached hydrogens (tertiary/aromatic N) is 2.